The lowest BCUT2D eigenvalue weighted by Gasteiger charge is -2.27. The zero-order valence-electron chi connectivity index (χ0n) is 14.7. The highest BCUT2D eigenvalue weighted by Gasteiger charge is 2.24. The Morgan fingerprint density at radius 1 is 1.15 bits per heavy atom. The number of carbonyl (C=O) groups is 1. The molecule has 5 heteroatoms. The highest BCUT2D eigenvalue weighted by molar-refractivity contribution is 8.00. The van der Waals surface area contributed by atoms with Crippen LogP contribution in [0.5, 0.6) is 0 Å². The van der Waals surface area contributed by atoms with Crippen LogP contribution in [-0.2, 0) is 11.2 Å². The van der Waals surface area contributed by atoms with E-state index in [0.717, 1.165) is 35.2 Å². The lowest BCUT2D eigenvalue weighted by Crippen LogP contribution is -2.35. The Bertz CT molecular complexity index is 938. The standard InChI is InChI=1S/C21H21N3OS/c1-14(26-21-17-10-4-5-11-18(17)22-13-23-21)20(25)24-19-12-6-8-15-7-2-3-9-16(15)19/h2-5,7,9-11,13-14,19H,6,8,12H2,1H3,(H,24,25)/t14-,19-/m0/s1. The molecule has 132 valence electrons. The van der Waals surface area contributed by atoms with E-state index in [9.17, 15) is 4.79 Å². The zero-order chi connectivity index (χ0) is 17.9. The molecule has 0 saturated carbocycles. The normalized spacial score (nSPS) is 17.5. The second-order valence-corrected chi connectivity index (χ2v) is 7.94. The number of para-hydroxylation sites is 1. The van der Waals surface area contributed by atoms with Crippen molar-refractivity contribution in [3.05, 3.63) is 66.0 Å². The Balaban J connectivity index is 1.49. The monoisotopic (exact) mass is 363 g/mol. The van der Waals surface area contributed by atoms with Crippen LogP contribution in [0.2, 0.25) is 0 Å². The first-order chi connectivity index (χ1) is 12.7. The Labute approximate surface area is 157 Å². The Morgan fingerprint density at radius 3 is 2.88 bits per heavy atom. The van der Waals surface area contributed by atoms with E-state index in [4.69, 9.17) is 0 Å². The molecule has 1 N–H and O–H groups in total. The highest BCUT2D eigenvalue weighted by Crippen LogP contribution is 2.31. The molecule has 1 heterocycles. The third-order valence-electron chi connectivity index (χ3n) is 4.85. The number of hydrogen-bond donors (Lipinski definition) is 1. The van der Waals surface area contributed by atoms with Crippen molar-refractivity contribution in [3.63, 3.8) is 0 Å². The summed E-state index contributed by atoms with van der Waals surface area (Å²) in [5.41, 5.74) is 3.52. The summed E-state index contributed by atoms with van der Waals surface area (Å²) in [6.07, 6.45) is 4.77. The maximum Gasteiger partial charge on any atom is 0.233 e. The molecule has 0 fully saturated rings. The lowest BCUT2D eigenvalue weighted by atomic mass is 9.88. The molecule has 0 bridgehead atoms. The fraction of sp³-hybridized carbons (Fsp3) is 0.286. The van der Waals surface area contributed by atoms with Gasteiger partial charge in [0.25, 0.3) is 0 Å². The van der Waals surface area contributed by atoms with Crippen LogP contribution < -0.4 is 5.32 Å². The van der Waals surface area contributed by atoms with E-state index in [1.165, 1.54) is 22.9 Å². The first-order valence-electron chi connectivity index (χ1n) is 8.97. The highest BCUT2D eigenvalue weighted by atomic mass is 32.2. The molecule has 1 aromatic heterocycles. The van der Waals surface area contributed by atoms with Crippen molar-refractivity contribution in [2.75, 3.05) is 0 Å². The van der Waals surface area contributed by atoms with Gasteiger partial charge in [-0.25, -0.2) is 9.97 Å². The number of nitrogens with one attached hydrogen (secondary N) is 1. The molecular formula is C21H21N3OS. The minimum atomic E-state index is -0.220. The molecule has 2 aromatic carbocycles. The van der Waals surface area contributed by atoms with Gasteiger partial charge in [-0.15, -0.1) is 0 Å². The maximum atomic E-state index is 12.8. The van der Waals surface area contributed by atoms with Gasteiger partial charge in [-0.05, 0) is 43.4 Å². The van der Waals surface area contributed by atoms with Crippen molar-refractivity contribution < 1.29 is 4.79 Å². The van der Waals surface area contributed by atoms with Gasteiger partial charge in [-0.2, -0.15) is 0 Å². The van der Waals surface area contributed by atoms with Crippen LogP contribution in [0.3, 0.4) is 0 Å². The predicted molar refractivity (Wildman–Crippen MR) is 105 cm³/mol. The second kappa shape index (κ2) is 7.46. The molecular weight excluding hydrogens is 342 g/mol. The quantitative estimate of drug-likeness (QED) is 0.554. The van der Waals surface area contributed by atoms with Crippen molar-refractivity contribution in [1.82, 2.24) is 15.3 Å². The zero-order valence-corrected chi connectivity index (χ0v) is 15.5. The van der Waals surface area contributed by atoms with Crippen LogP contribution in [0.1, 0.15) is 36.9 Å². The van der Waals surface area contributed by atoms with Crippen LogP contribution in [0, 0.1) is 0 Å². The Hall–Kier alpha value is -2.40. The molecule has 4 nitrogen and oxygen atoms in total. The molecule has 1 aliphatic carbocycles. The van der Waals surface area contributed by atoms with E-state index < -0.39 is 0 Å². The van der Waals surface area contributed by atoms with Gasteiger partial charge >= 0.3 is 0 Å². The third kappa shape index (κ3) is 3.44. The molecule has 1 amide bonds. The molecule has 26 heavy (non-hydrogen) atoms. The second-order valence-electron chi connectivity index (χ2n) is 6.61. The van der Waals surface area contributed by atoms with Crippen molar-refractivity contribution in [3.8, 4) is 0 Å². The van der Waals surface area contributed by atoms with E-state index in [0.29, 0.717) is 0 Å². The number of hydrogen-bond acceptors (Lipinski definition) is 4. The first-order valence-corrected chi connectivity index (χ1v) is 9.85. The number of amides is 1. The first kappa shape index (κ1) is 17.0. The van der Waals surface area contributed by atoms with Crippen LogP contribution in [0.25, 0.3) is 10.9 Å². The third-order valence-corrected chi connectivity index (χ3v) is 5.97. The van der Waals surface area contributed by atoms with E-state index in [1.807, 2.05) is 31.2 Å². The van der Waals surface area contributed by atoms with Gasteiger partial charge in [0.05, 0.1) is 16.8 Å². The Kier molecular flexibility index (Phi) is 4.89. The molecule has 0 aliphatic heterocycles. The number of benzene rings is 2. The number of nitrogens with zero attached hydrogens (tertiary/aromatic N) is 2. The summed E-state index contributed by atoms with van der Waals surface area (Å²) in [5.74, 6) is 0.0550. The van der Waals surface area contributed by atoms with Crippen molar-refractivity contribution >= 4 is 28.6 Å². The van der Waals surface area contributed by atoms with Gasteiger partial charge in [-0.1, -0.05) is 54.2 Å². The molecule has 0 spiro atoms. The SMILES string of the molecule is C[C@H](Sc1ncnc2ccccc12)C(=O)N[C@H]1CCCc2ccccc21. The summed E-state index contributed by atoms with van der Waals surface area (Å²) in [7, 11) is 0. The van der Waals surface area contributed by atoms with Gasteiger partial charge in [0.2, 0.25) is 5.91 Å². The fourth-order valence-electron chi connectivity index (χ4n) is 3.49. The van der Waals surface area contributed by atoms with Gasteiger partial charge in [0.1, 0.15) is 11.4 Å². The number of thioether (sulfide) groups is 1. The fourth-order valence-corrected chi connectivity index (χ4v) is 4.41. The summed E-state index contributed by atoms with van der Waals surface area (Å²) in [6, 6.07) is 16.4. The van der Waals surface area contributed by atoms with E-state index in [2.05, 4.69) is 39.6 Å². The van der Waals surface area contributed by atoms with Crippen molar-refractivity contribution in [2.24, 2.45) is 0 Å². The molecule has 2 atom stereocenters. The summed E-state index contributed by atoms with van der Waals surface area (Å²) < 4.78 is 0. The summed E-state index contributed by atoms with van der Waals surface area (Å²) >= 11 is 1.49. The van der Waals surface area contributed by atoms with E-state index >= 15 is 0 Å². The molecule has 3 aromatic rings. The summed E-state index contributed by atoms with van der Waals surface area (Å²) in [6.45, 7) is 1.94. The number of fused-ring (bicyclic) bond motifs is 2. The van der Waals surface area contributed by atoms with Crippen LogP contribution >= 0.6 is 11.8 Å². The maximum absolute atomic E-state index is 12.8. The topological polar surface area (TPSA) is 54.9 Å². The van der Waals surface area contributed by atoms with Crippen LogP contribution in [-0.4, -0.2) is 21.1 Å². The minimum Gasteiger partial charge on any atom is -0.348 e. The van der Waals surface area contributed by atoms with Gasteiger partial charge in [0, 0.05) is 5.39 Å². The molecule has 0 saturated heterocycles. The van der Waals surface area contributed by atoms with Crippen LogP contribution in [0.15, 0.2) is 59.9 Å². The van der Waals surface area contributed by atoms with E-state index in [-0.39, 0.29) is 17.2 Å². The average molecular weight is 363 g/mol. The average Bonchev–Trinajstić information content (AvgIpc) is 2.68. The number of rotatable bonds is 4. The minimum absolute atomic E-state index is 0.0550. The van der Waals surface area contributed by atoms with Gasteiger partial charge in [0.15, 0.2) is 0 Å². The number of aromatic nitrogens is 2. The van der Waals surface area contributed by atoms with Crippen LogP contribution in [0.4, 0.5) is 0 Å². The Morgan fingerprint density at radius 2 is 1.96 bits per heavy atom. The summed E-state index contributed by atoms with van der Waals surface area (Å²) in [5, 5.41) is 4.86. The molecule has 0 radical (unpaired) electrons. The van der Waals surface area contributed by atoms with Gasteiger partial charge in [-0.3, -0.25) is 4.79 Å². The lowest BCUT2D eigenvalue weighted by molar-refractivity contribution is -0.121. The predicted octanol–water partition coefficient (Wildman–Crippen LogP) is 4.30. The molecule has 1 aliphatic rings. The number of aryl methyl sites for hydroxylation is 1. The van der Waals surface area contributed by atoms with Crippen molar-refractivity contribution in [1.29, 1.82) is 0 Å². The van der Waals surface area contributed by atoms with E-state index in [1.54, 1.807) is 6.33 Å². The molecule has 4 rings (SSSR count). The summed E-state index contributed by atoms with van der Waals surface area (Å²) in [4.78, 5) is 21.5. The van der Waals surface area contributed by atoms with Gasteiger partial charge < -0.3 is 5.32 Å². The molecule has 0 unspecified atom stereocenters. The smallest absolute Gasteiger partial charge is 0.233 e. The van der Waals surface area contributed by atoms with Crippen molar-refractivity contribution in [2.45, 2.75) is 42.5 Å². The number of carbonyl (C=O) groups excluding carboxylic acids is 1. The largest absolute Gasteiger partial charge is 0.348 e.